The summed E-state index contributed by atoms with van der Waals surface area (Å²) in [6.45, 7) is 3.47. The smallest absolute Gasteiger partial charge is 0.283 e. The standard InChI is InChI=1S/C14H17F2N3O2/c1-9-3-2-6-19(8-9)18-14(21)12(20)10-4-5-11(13(15)16)17-7-10/h4-5,7,9,13H,2-3,6,8H2,1H3,(H,18,21)/t9-/m1/s1. The fraction of sp³-hybridized carbons (Fsp3) is 0.500. The molecule has 1 aromatic rings. The summed E-state index contributed by atoms with van der Waals surface area (Å²) in [6.07, 6.45) is 0.361. The predicted molar refractivity (Wildman–Crippen MR) is 71.6 cm³/mol. The first-order chi connectivity index (χ1) is 9.97. The first-order valence-corrected chi connectivity index (χ1v) is 6.81. The molecule has 2 rings (SSSR count). The Balaban J connectivity index is 1.97. The lowest BCUT2D eigenvalue weighted by atomic mass is 10.0. The summed E-state index contributed by atoms with van der Waals surface area (Å²) in [5.74, 6) is -1.08. The Labute approximate surface area is 121 Å². The minimum atomic E-state index is -2.70. The number of pyridine rings is 1. The van der Waals surface area contributed by atoms with Gasteiger partial charge in [0.2, 0.25) is 0 Å². The highest BCUT2D eigenvalue weighted by Crippen LogP contribution is 2.16. The summed E-state index contributed by atoms with van der Waals surface area (Å²) in [5.41, 5.74) is 2.14. The second-order valence-corrected chi connectivity index (χ2v) is 5.24. The van der Waals surface area contributed by atoms with E-state index in [-0.39, 0.29) is 5.56 Å². The first kappa shape index (κ1) is 15.5. The normalized spacial score (nSPS) is 19.5. The molecule has 1 N–H and O–H groups in total. The van der Waals surface area contributed by atoms with E-state index in [1.165, 1.54) is 6.07 Å². The second kappa shape index (κ2) is 6.71. The van der Waals surface area contributed by atoms with Crippen molar-refractivity contribution in [1.82, 2.24) is 15.4 Å². The van der Waals surface area contributed by atoms with Crippen molar-refractivity contribution in [3.05, 3.63) is 29.6 Å². The van der Waals surface area contributed by atoms with Crippen LogP contribution in [-0.2, 0) is 4.79 Å². The zero-order chi connectivity index (χ0) is 15.4. The summed E-state index contributed by atoms with van der Waals surface area (Å²) in [7, 11) is 0. The molecule has 114 valence electrons. The number of nitrogens with zero attached hydrogens (tertiary/aromatic N) is 2. The van der Waals surface area contributed by atoms with Gasteiger partial charge in [0, 0.05) is 24.8 Å². The van der Waals surface area contributed by atoms with Gasteiger partial charge in [0.05, 0.1) is 0 Å². The highest BCUT2D eigenvalue weighted by atomic mass is 19.3. The Morgan fingerprint density at radius 3 is 2.76 bits per heavy atom. The molecular formula is C14H17F2N3O2. The number of amides is 1. The summed E-state index contributed by atoms with van der Waals surface area (Å²) in [6, 6.07) is 2.24. The van der Waals surface area contributed by atoms with E-state index in [2.05, 4.69) is 17.3 Å². The molecule has 1 fully saturated rings. The van der Waals surface area contributed by atoms with Gasteiger partial charge in [-0.1, -0.05) is 6.92 Å². The van der Waals surface area contributed by atoms with Crippen molar-refractivity contribution in [3.63, 3.8) is 0 Å². The number of Topliss-reactive ketones (excluding diaryl/α,β-unsaturated/α-hetero) is 1. The van der Waals surface area contributed by atoms with Crippen LogP contribution in [0.5, 0.6) is 0 Å². The topological polar surface area (TPSA) is 62.3 Å². The summed E-state index contributed by atoms with van der Waals surface area (Å²) < 4.78 is 24.7. The van der Waals surface area contributed by atoms with E-state index in [0.717, 1.165) is 25.1 Å². The quantitative estimate of drug-likeness (QED) is 0.682. The molecule has 0 radical (unpaired) electrons. The van der Waals surface area contributed by atoms with E-state index in [1.807, 2.05) is 0 Å². The SMILES string of the molecule is C[C@@H]1CCCN(NC(=O)C(=O)c2ccc(C(F)F)nc2)C1. The number of alkyl halides is 2. The molecule has 1 aromatic heterocycles. The maximum Gasteiger partial charge on any atom is 0.306 e. The molecule has 0 spiro atoms. The third-order valence-corrected chi connectivity index (χ3v) is 3.40. The largest absolute Gasteiger partial charge is 0.306 e. The fourth-order valence-electron chi connectivity index (χ4n) is 2.29. The molecule has 1 amide bonds. The second-order valence-electron chi connectivity index (χ2n) is 5.24. The van der Waals surface area contributed by atoms with Gasteiger partial charge in [0.25, 0.3) is 12.2 Å². The number of rotatable bonds is 4. The molecule has 1 aliphatic rings. The molecule has 0 bridgehead atoms. The van der Waals surface area contributed by atoms with Crippen LogP contribution in [0.4, 0.5) is 8.78 Å². The Morgan fingerprint density at radius 2 is 2.19 bits per heavy atom. The zero-order valence-corrected chi connectivity index (χ0v) is 11.7. The number of nitrogens with one attached hydrogen (secondary N) is 1. The highest BCUT2D eigenvalue weighted by Gasteiger charge is 2.23. The van der Waals surface area contributed by atoms with Gasteiger partial charge in [-0.2, -0.15) is 0 Å². The average molecular weight is 297 g/mol. The lowest BCUT2D eigenvalue weighted by Gasteiger charge is -2.30. The summed E-state index contributed by atoms with van der Waals surface area (Å²) in [4.78, 5) is 27.2. The van der Waals surface area contributed by atoms with Crippen LogP contribution in [0.25, 0.3) is 0 Å². The number of carbonyl (C=O) groups is 2. The maximum absolute atomic E-state index is 12.4. The lowest BCUT2D eigenvalue weighted by Crippen LogP contribution is -2.49. The number of hydrazine groups is 1. The molecular weight excluding hydrogens is 280 g/mol. The zero-order valence-electron chi connectivity index (χ0n) is 11.7. The van der Waals surface area contributed by atoms with E-state index < -0.39 is 23.8 Å². The molecule has 0 saturated carbocycles. The first-order valence-electron chi connectivity index (χ1n) is 6.81. The van der Waals surface area contributed by atoms with Crippen molar-refractivity contribution in [2.45, 2.75) is 26.2 Å². The fourth-order valence-corrected chi connectivity index (χ4v) is 2.29. The summed E-state index contributed by atoms with van der Waals surface area (Å²) in [5, 5.41) is 1.72. The van der Waals surface area contributed by atoms with Crippen LogP contribution in [0, 0.1) is 5.92 Å². The van der Waals surface area contributed by atoms with Crippen molar-refractivity contribution in [1.29, 1.82) is 0 Å². The van der Waals surface area contributed by atoms with Crippen molar-refractivity contribution < 1.29 is 18.4 Å². The Bertz CT molecular complexity index is 519. The van der Waals surface area contributed by atoms with Gasteiger partial charge >= 0.3 is 5.91 Å². The molecule has 2 heterocycles. The monoisotopic (exact) mass is 297 g/mol. The van der Waals surface area contributed by atoms with Gasteiger partial charge in [-0.15, -0.1) is 0 Å². The van der Waals surface area contributed by atoms with Crippen LogP contribution in [0.15, 0.2) is 18.3 Å². The average Bonchev–Trinajstić information content (AvgIpc) is 2.46. The number of hydrogen-bond acceptors (Lipinski definition) is 4. The molecule has 7 heteroatoms. The van der Waals surface area contributed by atoms with E-state index >= 15 is 0 Å². The number of carbonyl (C=O) groups excluding carboxylic acids is 2. The third-order valence-electron chi connectivity index (χ3n) is 3.40. The van der Waals surface area contributed by atoms with Gasteiger partial charge in [-0.25, -0.2) is 13.8 Å². The highest BCUT2D eigenvalue weighted by molar-refractivity contribution is 6.42. The Morgan fingerprint density at radius 1 is 1.43 bits per heavy atom. The lowest BCUT2D eigenvalue weighted by molar-refractivity contribution is -0.122. The van der Waals surface area contributed by atoms with Gasteiger partial charge in [0.15, 0.2) is 0 Å². The van der Waals surface area contributed by atoms with Gasteiger partial charge in [0.1, 0.15) is 5.69 Å². The molecule has 1 atom stereocenters. The van der Waals surface area contributed by atoms with E-state index in [4.69, 9.17) is 0 Å². The predicted octanol–water partition coefficient (Wildman–Crippen LogP) is 1.97. The number of piperidine rings is 1. The Kier molecular flexibility index (Phi) is 4.95. The van der Waals surface area contributed by atoms with Gasteiger partial charge in [-0.05, 0) is 30.9 Å². The van der Waals surface area contributed by atoms with Gasteiger partial charge in [-0.3, -0.25) is 20.0 Å². The molecule has 0 aromatic carbocycles. The van der Waals surface area contributed by atoms with Crippen LogP contribution in [-0.4, -0.2) is 34.8 Å². The van der Waals surface area contributed by atoms with Crippen molar-refractivity contribution >= 4 is 11.7 Å². The minimum absolute atomic E-state index is 0.00181. The molecule has 5 nitrogen and oxygen atoms in total. The number of ketones is 1. The number of hydrogen-bond donors (Lipinski definition) is 1. The molecule has 21 heavy (non-hydrogen) atoms. The maximum atomic E-state index is 12.4. The van der Waals surface area contributed by atoms with E-state index in [0.29, 0.717) is 19.0 Å². The summed E-state index contributed by atoms with van der Waals surface area (Å²) >= 11 is 0. The van der Waals surface area contributed by atoms with Crippen molar-refractivity contribution in [2.24, 2.45) is 5.92 Å². The molecule has 1 aliphatic heterocycles. The number of aromatic nitrogens is 1. The van der Waals surface area contributed by atoms with Crippen molar-refractivity contribution in [3.8, 4) is 0 Å². The third kappa shape index (κ3) is 4.04. The van der Waals surface area contributed by atoms with Crippen molar-refractivity contribution in [2.75, 3.05) is 13.1 Å². The van der Waals surface area contributed by atoms with Crippen LogP contribution in [0.3, 0.4) is 0 Å². The Hall–Kier alpha value is -1.89. The molecule has 0 unspecified atom stereocenters. The van der Waals surface area contributed by atoms with Crippen LogP contribution in [0.2, 0.25) is 0 Å². The van der Waals surface area contributed by atoms with E-state index in [9.17, 15) is 18.4 Å². The van der Waals surface area contributed by atoms with E-state index in [1.54, 1.807) is 5.01 Å². The van der Waals surface area contributed by atoms with Gasteiger partial charge < -0.3 is 0 Å². The van der Waals surface area contributed by atoms with Crippen LogP contribution >= 0.6 is 0 Å². The van der Waals surface area contributed by atoms with Crippen LogP contribution in [0.1, 0.15) is 42.2 Å². The molecule has 0 aliphatic carbocycles. The van der Waals surface area contributed by atoms with Crippen LogP contribution < -0.4 is 5.43 Å². The molecule has 1 saturated heterocycles. The minimum Gasteiger partial charge on any atom is -0.283 e. The number of halogens is 2.